The molecule has 0 aliphatic carbocycles. The fourth-order valence-electron chi connectivity index (χ4n) is 3.80. The van der Waals surface area contributed by atoms with Crippen LogP contribution in [0, 0.1) is 0 Å². The van der Waals surface area contributed by atoms with E-state index in [-0.39, 0.29) is 6.42 Å². The number of carboxylic acids is 1. The second-order valence-electron chi connectivity index (χ2n) is 7.24. The fourth-order valence-corrected chi connectivity index (χ4v) is 3.80. The molecule has 3 heterocycles. The highest BCUT2D eigenvalue weighted by Crippen LogP contribution is 2.22. The van der Waals surface area contributed by atoms with Crippen LogP contribution in [-0.4, -0.2) is 27.2 Å². The van der Waals surface area contributed by atoms with E-state index >= 15 is 0 Å². The van der Waals surface area contributed by atoms with Crippen molar-refractivity contribution < 1.29 is 9.90 Å². The summed E-state index contributed by atoms with van der Waals surface area (Å²) in [5.41, 5.74) is 4.91. The first-order valence-corrected chi connectivity index (χ1v) is 9.71. The molecule has 0 bridgehead atoms. The average molecular weight is 363 g/mol. The molecule has 0 unspecified atom stereocenters. The third-order valence-corrected chi connectivity index (χ3v) is 5.25. The van der Waals surface area contributed by atoms with Gasteiger partial charge in [-0.3, -0.25) is 4.79 Å². The molecule has 1 aliphatic rings. The highest BCUT2D eigenvalue weighted by Gasteiger charge is 2.10. The molecule has 0 saturated carbocycles. The minimum absolute atomic E-state index is 0.147. The fraction of sp³-hybridized carbons (Fsp3) is 0.364. The zero-order valence-corrected chi connectivity index (χ0v) is 15.4. The summed E-state index contributed by atoms with van der Waals surface area (Å²) in [6.07, 6.45) is 7.50. The van der Waals surface area contributed by atoms with E-state index in [4.69, 9.17) is 10.1 Å². The van der Waals surface area contributed by atoms with Crippen molar-refractivity contribution in [2.45, 2.75) is 45.1 Å². The zero-order chi connectivity index (χ0) is 18.6. The van der Waals surface area contributed by atoms with E-state index in [0.29, 0.717) is 6.54 Å². The second-order valence-corrected chi connectivity index (χ2v) is 7.24. The number of aryl methyl sites for hydroxylation is 4. The van der Waals surface area contributed by atoms with Gasteiger partial charge in [0.25, 0.3) is 0 Å². The minimum Gasteiger partial charge on any atom is -0.481 e. The Morgan fingerprint density at radius 2 is 2.11 bits per heavy atom. The number of fused-ring (bicyclic) bond motifs is 2. The lowest BCUT2D eigenvalue weighted by molar-refractivity contribution is -0.137. The van der Waals surface area contributed by atoms with Gasteiger partial charge in [0.2, 0.25) is 0 Å². The van der Waals surface area contributed by atoms with Crippen molar-refractivity contribution >= 4 is 22.7 Å². The smallest absolute Gasteiger partial charge is 0.305 e. The van der Waals surface area contributed by atoms with E-state index in [1.165, 1.54) is 22.9 Å². The second kappa shape index (κ2) is 7.82. The van der Waals surface area contributed by atoms with Crippen molar-refractivity contribution in [3.05, 3.63) is 59.4 Å². The van der Waals surface area contributed by atoms with Gasteiger partial charge in [-0.2, -0.15) is 0 Å². The van der Waals surface area contributed by atoms with E-state index in [0.717, 1.165) is 49.3 Å². The summed E-state index contributed by atoms with van der Waals surface area (Å²) in [7, 11) is 0. The summed E-state index contributed by atoms with van der Waals surface area (Å²) >= 11 is 0. The molecule has 4 rings (SSSR count). The van der Waals surface area contributed by atoms with E-state index in [1.54, 1.807) is 0 Å². The van der Waals surface area contributed by atoms with Crippen LogP contribution in [0.5, 0.6) is 0 Å². The molecule has 1 aliphatic heterocycles. The Hall–Kier alpha value is -2.82. The molecule has 27 heavy (non-hydrogen) atoms. The van der Waals surface area contributed by atoms with Crippen LogP contribution in [0.2, 0.25) is 0 Å². The molecule has 0 radical (unpaired) electrons. The van der Waals surface area contributed by atoms with Crippen molar-refractivity contribution in [3.63, 3.8) is 0 Å². The number of carbonyl (C=O) groups is 1. The molecule has 0 fully saturated rings. The van der Waals surface area contributed by atoms with Gasteiger partial charge in [0.05, 0.1) is 6.42 Å². The standard InChI is InChI=1S/C22H25N3O2/c26-21(27)11-14-25-13-10-18-15-16(6-9-20(18)25)3-1-5-19-8-7-17-4-2-12-23-22(17)24-19/h6-10,13,15H,1-5,11-12,14H2,(H,23,24)(H,26,27). The molecule has 0 spiro atoms. The van der Waals surface area contributed by atoms with Gasteiger partial charge in [-0.25, -0.2) is 4.98 Å². The van der Waals surface area contributed by atoms with Crippen molar-refractivity contribution in [1.29, 1.82) is 0 Å². The number of nitrogens with zero attached hydrogens (tertiary/aromatic N) is 2. The summed E-state index contributed by atoms with van der Waals surface area (Å²) in [6.45, 7) is 1.53. The van der Waals surface area contributed by atoms with Crippen LogP contribution >= 0.6 is 0 Å². The molecule has 0 saturated heterocycles. The van der Waals surface area contributed by atoms with Crippen molar-refractivity contribution in [3.8, 4) is 0 Å². The minimum atomic E-state index is -0.764. The number of benzene rings is 1. The maximum Gasteiger partial charge on any atom is 0.305 e. The van der Waals surface area contributed by atoms with Gasteiger partial charge < -0.3 is 15.0 Å². The van der Waals surface area contributed by atoms with Crippen molar-refractivity contribution in [2.75, 3.05) is 11.9 Å². The Bertz CT molecular complexity index is 961. The molecule has 140 valence electrons. The molecule has 2 N–H and O–H groups in total. The molecule has 5 heteroatoms. The monoisotopic (exact) mass is 363 g/mol. The van der Waals surface area contributed by atoms with Gasteiger partial charge in [-0.15, -0.1) is 0 Å². The van der Waals surface area contributed by atoms with Gasteiger partial charge in [0.1, 0.15) is 5.82 Å². The number of nitrogens with one attached hydrogen (secondary N) is 1. The van der Waals surface area contributed by atoms with E-state index < -0.39 is 5.97 Å². The Morgan fingerprint density at radius 1 is 1.19 bits per heavy atom. The van der Waals surface area contributed by atoms with Gasteiger partial charge >= 0.3 is 5.97 Å². The SMILES string of the molecule is O=C(O)CCn1ccc2cc(CCCc3ccc4c(n3)NCCC4)ccc21. The van der Waals surface area contributed by atoms with Crippen molar-refractivity contribution in [1.82, 2.24) is 9.55 Å². The predicted molar refractivity (Wildman–Crippen MR) is 107 cm³/mol. The lowest BCUT2D eigenvalue weighted by Crippen LogP contribution is -2.14. The average Bonchev–Trinajstić information content (AvgIpc) is 3.08. The van der Waals surface area contributed by atoms with E-state index in [1.807, 2.05) is 10.8 Å². The first-order chi connectivity index (χ1) is 13.2. The molecule has 5 nitrogen and oxygen atoms in total. The maximum absolute atomic E-state index is 10.8. The molecule has 3 aromatic rings. The van der Waals surface area contributed by atoms with Gasteiger partial charge in [-0.05, 0) is 72.9 Å². The predicted octanol–water partition coefficient (Wildman–Crippen LogP) is 4.04. The Balaban J connectivity index is 1.37. The summed E-state index contributed by atoms with van der Waals surface area (Å²) < 4.78 is 2.01. The van der Waals surface area contributed by atoms with Crippen LogP contribution in [0.4, 0.5) is 5.82 Å². The number of hydrogen-bond donors (Lipinski definition) is 2. The quantitative estimate of drug-likeness (QED) is 0.665. The van der Waals surface area contributed by atoms with Crippen LogP contribution in [-0.2, 0) is 30.6 Å². The van der Waals surface area contributed by atoms with Crippen LogP contribution in [0.25, 0.3) is 10.9 Å². The van der Waals surface area contributed by atoms with Gasteiger partial charge in [0.15, 0.2) is 0 Å². The first kappa shape index (κ1) is 17.6. The first-order valence-electron chi connectivity index (χ1n) is 9.71. The number of hydrogen-bond acceptors (Lipinski definition) is 3. The zero-order valence-electron chi connectivity index (χ0n) is 15.4. The van der Waals surface area contributed by atoms with Crippen LogP contribution < -0.4 is 5.32 Å². The van der Waals surface area contributed by atoms with Crippen LogP contribution in [0.15, 0.2) is 42.6 Å². The summed E-state index contributed by atoms with van der Waals surface area (Å²) in [5, 5.41) is 13.4. The Kier molecular flexibility index (Phi) is 5.10. The third-order valence-electron chi connectivity index (χ3n) is 5.25. The normalized spacial score (nSPS) is 13.3. The summed E-state index contributed by atoms with van der Waals surface area (Å²) in [4.78, 5) is 15.5. The maximum atomic E-state index is 10.8. The van der Waals surface area contributed by atoms with Crippen molar-refractivity contribution in [2.24, 2.45) is 0 Å². The summed E-state index contributed by atoms with van der Waals surface area (Å²) in [6, 6.07) is 12.9. The largest absolute Gasteiger partial charge is 0.481 e. The number of anilines is 1. The molecule has 2 aromatic heterocycles. The highest BCUT2D eigenvalue weighted by atomic mass is 16.4. The number of aliphatic carboxylic acids is 1. The molecular weight excluding hydrogens is 338 g/mol. The third kappa shape index (κ3) is 4.13. The number of rotatable bonds is 7. The summed E-state index contributed by atoms with van der Waals surface area (Å²) in [5.74, 6) is 0.308. The lowest BCUT2D eigenvalue weighted by atomic mass is 10.0. The molecule has 0 atom stereocenters. The Morgan fingerprint density at radius 3 is 3.00 bits per heavy atom. The van der Waals surface area contributed by atoms with E-state index in [9.17, 15) is 4.79 Å². The number of carboxylic acid groups (broad SMARTS) is 1. The topological polar surface area (TPSA) is 67.1 Å². The Labute approximate surface area is 159 Å². The molecular formula is C22H25N3O2. The highest BCUT2D eigenvalue weighted by molar-refractivity contribution is 5.81. The van der Waals surface area contributed by atoms with E-state index in [2.05, 4.69) is 41.7 Å². The number of aromatic nitrogens is 2. The van der Waals surface area contributed by atoms with Crippen LogP contribution in [0.1, 0.15) is 36.1 Å². The lowest BCUT2D eigenvalue weighted by Gasteiger charge is -2.17. The van der Waals surface area contributed by atoms with Gasteiger partial charge in [0, 0.05) is 30.5 Å². The molecule has 1 aromatic carbocycles. The number of pyridine rings is 1. The molecule has 0 amide bonds. The van der Waals surface area contributed by atoms with Gasteiger partial charge in [-0.1, -0.05) is 12.1 Å². The van der Waals surface area contributed by atoms with Crippen LogP contribution in [0.3, 0.4) is 0 Å².